The van der Waals surface area contributed by atoms with E-state index in [0.29, 0.717) is 0 Å². The molecule has 0 bridgehead atoms. The molecule has 0 aliphatic heterocycles. The molecule has 0 heterocycles. The quantitative estimate of drug-likeness (QED) is 0.351. The van der Waals surface area contributed by atoms with Gasteiger partial charge in [0.05, 0.1) is 0 Å². The van der Waals surface area contributed by atoms with Crippen LogP contribution in [0.25, 0.3) is 0 Å². The average Bonchev–Trinajstić information content (AvgIpc) is 1.46. The SMILES string of the molecule is O=BO.[B]=O. The zero-order valence-corrected chi connectivity index (χ0v) is 2.42. The van der Waals surface area contributed by atoms with Gasteiger partial charge in [0.15, 0.2) is 0 Å². The van der Waals surface area contributed by atoms with Gasteiger partial charge in [-0.2, -0.15) is 0 Å². The summed E-state index contributed by atoms with van der Waals surface area (Å²) in [5, 5.41) is 6.89. The first-order chi connectivity index (χ1) is 2.41. The Morgan fingerprint density at radius 1 is 1.60 bits per heavy atom. The van der Waals surface area contributed by atoms with Gasteiger partial charge in [0, 0.05) is 0 Å². The van der Waals surface area contributed by atoms with Gasteiger partial charge in [-0.15, -0.1) is 0 Å². The van der Waals surface area contributed by atoms with Crippen molar-refractivity contribution in [1.82, 2.24) is 0 Å². The third-order valence-electron chi connectivity index (χ3n) is 0. The fourth-order valence-electron chi connectivity index (χ4n) is 0. The molecule has 25 valence electrons. The van der Waals surface area contributed by atoms with Crippen LogP contribution in [-0.2, 0) is 9.41 Å². The summed E-state index contributed by atoms with van der Waals surface area (Å²) in [6.07, 6.45) is 0. The van der Waals surface area contributed by atoms with Gasteiger partial charge in [-0.25, -0.2) is 0 Å². The summed E-state index contributed by atoms with van der Waals surface area (Å²) in [5.41, 5.74) is 0. The summed E-state index contributed by atoms with van der Waals surface area (Å²) < 4.78 is 16.1. The summed E-state index contributed by atoms with van der Waals surface area (Å²) in [5.74, 6) is 0. The van der Waals surface area contributed by atoms with Crippen LogP contribution in [-0.4, -0.2) is 20.1 Å². The van der Waals surface area contributed by atoms with Crippen LogP contribution in [0.4, 0.5) is 0 Å². The van der Waals surface area contributed by atoms with E-state index in [1.54, 1.807) is 0 Å². The third kappa shape index (κ3) is 37.4. The van der Waals surface area contributed by atoms with Gasteiger partial charge in [0.2, 0.25) is 0 Å². The zero-order chi connectivity index (χ0) is 4.71. The van der Waals surface area contributed by atoms with Crippen LogP contribution in [0.2, 0.25) is 0 Å². The van der Waals surface area contributed by atoms with Crippen molar-refractivity contribution >= 4 is 15.1 Å². The van der Waals surface area contributed by atoms with Crippen molar-refractivity contribution in [3.05, 3.63) is 0 Å². The molecule has 0 saturated carbocycles. The molecule has 0 rings (SSSR count). The summed E-state index contributed by atoms with van der Waals surface area (Å²) in [7, 11) is 3.00. The Kier molecular flexibility index (Phi) is 142. The topological polar surface area (TPSA) is 54.4 Å². The van der Waals surface area contributed by atoms with E-state index in [2.05, 4.69) is 7.72 Å². The first kappa shape index (κ1) is 8.82. The Balaban J connectivity index is 0. The second-order valence-electron chi connectivity index (χ2n) is 0.105. The van der Waals surface area contributed by atoms with E-state index in [1.807, 2.05) is 0 Å². The Bertz CT molecular complexity index is 18.9. The van der Waals surface area contributed by atoms with Crippen LogP contribution in [0.1, 0.15) is 0 Å². The maximum absolute atomic E-state index is 8.36. The van der Waals surface area contributed by atoms with E-state index in [0.717, 1.165) is 0 Å². The van der Waals surface area contributed by atoms with Crippen LogP contribution >= 0.6 is 0 Å². The predicted molar refractivity (Wildman–Crippen MR) is 15.1 cm³/mol. The molecule has 0 spiro atoms. The summed E-state index contributed by atoms with van der Waals surface area (Å²) in [6, 6.07) is 0. The minimum atomic E-state index is -0.250. The minimum absolute atomic E-state index is 0.250. The van der Waals surface area contributed by atoms with E-state index in [9.17, 15) is 0 Å². The number of hydrogen-bond donors (Lipinski definition) is 1. The summed E-state index contributed by atoms with van der Waals surface area (Å²) >= 11 is 0. The molecule has 0 aliphatic carbocycles. The second-order valence-corrected chi connectivity index (χ2v) is 0.105. The Labute approximate surface area is 30.7 Å². The average molecular weight is 70.6 g/mol. The molecule has 0 aliphatic rings. The standard InChI is InChI=1S/BHO2.BO/c2-1-3;1-2/h2H;. The molecule has 0 aromatic heterocycles. The van der Waals surface area contributed by atoms with Gasteiger partial charge in [-0.05, 0) is 0 Å². The van der Waals surface area contributed by atoms with Crippen molar-refractivity contribution in [3.63, 3.8) is 0 Å². The Hall–Kier alpha value is -0.470. The second kappa shape index (κ2) is 80.5. The summed E-state index contributed by atoms with van der Waals surface area (Å²) in [4.78, 5) is 0. The molecule has 0 atom stereocenters. The molecule has 0 unspecified atom stereocenters. The molecular formula is HB2O3. The van der Waals surface area contributed by atoms with Crippen molar-refractivity contribution < 1.29 is 14.4 Å². The van der Waals surface area contributed by atoms with Crippen LogP contribution < -0.4 is 0 Å². The van der Waals surface area contributed by atoms with Gasteiger partial charge in [-0.1, -0.05) is 0 Å². The van der Waals surface area contributed by atoms with Crippen LogP contribution in [0, 0.1) is 0 Å². The van der Waals surface area contributed by atoms with Gasteiger partial charge >= 0.3 is 29.5 Å². The molecular weight excluding hydrogens is 69.6 g/mol. The van der Waals surface area contributed by atoms with Gasteiger partial charge in [-0.3, -0.25) is 0 Å². The van der Waals surface area contributed by atoms with Gasteiger partial charge in [0.1, 0.15) is 0 Å². The number of hydrogen-bond acceptors (Lipinski definition) is 2. The molecule has 0 amide bonds. The number of rotatable bonds is 0. The van der Waals surface area contributed by atoms with E-state index < -0.39 is 0 Å². The maximum atomic E-state index is 8.36. The normalized spacial score (nSPS) is 2.20. The molecule has 0 aromatic carbocycles. The van der Waals surface area contributed by atoms with Crippen LogP contribution in [0.15, 0.2) is 0 Å². The third-order valence-corrected chi connectivity index (χ3v) is 0. The van der Waals surface area contributed by atoms with Crippen molar-refractivity contribution in [2.45, 2.75) is 0 Å². The summed E-state index contributed by atoms with van der Waals surface area (Å²) in [6.45, 7) is 0. The van der Waals surface area contributed by atoms with Gasteiger partial charge in [0.25, 0.3) is 0 Å². The molecule has 5 heteroatoms. The van der Waals surface area contributed by atoms with E-state index >= 15 is 0 Å². The molecule has 0 aromatic rings. The Morgan fingerprint density at radius 3 is 1.60 bits per heavy atom. The molecule has 1 radical (unpaired) electrons. The van der Waals surface area contributed by atoms with Crippen molar-refractivity contribution in [1.29, 1.82) is 0 Å². The van der Waals surface area contributed by atoms with Crippen molar-refractivity contribution in [2.24, 2.45) is 0 Å². The molecule has 5 heavy (non-hydrogen) atoms. The molecule has 1 N–H and O–H groups in total. The molecule has 3 nitrogen and oxygen atoms in total. The van der Waals surface area contributed by atoms with E-state index in [1.165, 1.54) is 0 Å². The monoisotopic (exact) mass is 71.0 g/mol. The fourth-order valence-corrected chi connectivity index (χ4v) is 0. The van der Waals surface area contributed by atoms with Crippen LogP contribution in [0.3, 0.4) is 0 Å². The zero-order valence-electron chi connectivity index (χ0n) is 2.42. The van der Waals surface area contributed by atoms with Crippen molar-refractivity contribution in [2.75, 3.05) is 0 Å². The van der Waals surface area contributed by atoms with Crippen LogP contribution in [0.5, 0.6) is 0 Å². The Morgan fingerprint density at radius 2 is 1.60 bits per heavy atom. The van der Waals surface area contributed by atoms with Crippen molar-refractivity contribution in [3.8, 4) is 0 Å². The first-order valence-electron chi connectivity index (χ1n) is 0.730. The predicted octanol–water partition coefficient (Wildman–Crippen LogP) is -1.56. The molecule has 0 saturated heterocycles. The fraction of sp³-hybridized carbons (Fsp3) is 0. The van der Waals surface area contributed by atoms with E-state index in [-0.39, 0.29) is 7.35 Å². The van der Waals surface area contributed by atoms with E-state index in [4.69, 9.17) is 14.4 Å². The van der Waals surface area contributed by atoms with Gasteiger partial charge < -0.3 is 0 Å². The first-order valence-corrected chi connectivity index (χ1v) is 0.730. The molecule has 0 fully saturated rings.